The van der Waals surface area contributed by atoms with Gasteiger partial charge in [-0.3, -0.25) is 0 Å². The fourth-order valence-corrected chi connectivity index (χ4v) is 1.25. The number of hydrogen-bond acceptors (Lipinski definition) is 2. The molecular formula is C10H11F2NO2. The number of likely N-dealkylation sites (N-methyl/N-ethyl adjacent to an activating group) is 1. The highest BCUT2D eigenvalue weighted by Gasteiger charge is 2.35. The third-order valence-electron chi connectivity index (χ3n) is 2.40. The van der Waals surface area contributed by atoms with Crippen molar-refractivity contribution >= 4 is 5.97 Å². The number of carboxylic acid groups (broad SMARTS) is 1. The van der Waals surface area contributed by atoms with Crippen LogP contribution in [-0.4, -0.2) is 18.1 Å². The molecule has 1 rings (SSSR count). The Kier molecular flexibility index (Phi) is 3.04. The fourth-order valence-electron chi connectivity index (χ4n) is 1.25. The third kappa shape index (κ3) is 1.97. The summed E-state index contributed by atoms with van der Waals surface area (Å²) >= 11 is 0. The highest BCUT2D eigenvalue weighted by atomic mass is 19.1. The molecule has 0 aliphatic carbocycles. The molecule has 1 aromatic rings. The molecule has 0 radical (unpaired) electrons. The second-order valence-electron chi connectivity index (χ2n) is 3.30. The maximum Gasteiger partial charge on any atom is 0.328 e. The minimum absolute atomic E-state index is 0.0982. The van der Waals surface area contributed by atoms with Crippen LogP contribution in [0.5, 0.6) is 0 Å². The summed E-state index contributed by atoms with van der Waals surface area (Å²) < 4.78 is 26.0. The van der Waals surface area contributed by atoms with Crippen LogP contribution in [-0.2, 0) is 10.3 Å². The van der Waals surface area contributed by atoms with Gasteiger partial charge in [0.1, 0.15) is 17.2 Å². The van der Waals surface area contributed by atoms with Gasteiger partial charge < -0.3 is 10.4 Å². The summed E-state index contributed by atoms with van der Waals surface area (Å²) in [5.41, 5.74) is -1.66. The minimum Gasteiger partial charge on any atom is -0.480 e. The predicted octanol–water partition coefficient (Wildman–Crippen LogP) is 1.48. The third-order valence-corrected chi connectivity index (χ3v) is 2.40. The maximum absolute atomic E-state index is 13.3. The molecule has 0 aliphatic heterocycles. The first-order chi connectivity index (χ1) is 6.91. The van der Waals surface area contributed by atoms with Crippen LogP contribution in [0.3, 0.4) is 0 Å². The Labute approximate surface area is 85.7 Å². The molecule has 0 heterocycles. The predicted molar refractivity (Wildman–Crippen MR) is 50.4 cm³/mol. The molecule has 0 fully saturated rings. The number of nitrogens with one attached hydrogen (secondary N) is 1. The first-order valence-electron chi connectivity index (χ1n) is 4.29. The summed E-state index contributed by atoms with van der Waals surface area (Å²) in [6.45, 7) is 1.31. The van der Waals surface area contributed by atoms with Gasteiger partial charge >= 0.3 is 5.97 Å². The fraction of sp³-hybridized carbons (Fsp3) is 0.300. The first kappa shape index (κ1) is 11.6. The molecule has 0 saturated heterocycles. The number of carbonyl (C=O) groups is 1. The summed E-state index contributed by atoms with van der Waals surface area (Å²) in [7, 11) is 1.40. The lowest BCUT2D eigenvalue weighted by atomic mass is 9.92. The van der Waals surface area contributed by atoms with Gasteiger partial charge in [-0.1, -0.05) is 6.07 Å². The Balaban J connectivity index is 3.30. The number of aliphatic carboxylic acids is 1. The maximum atomic E-state index is 13.3. The van der Waals surface area contributed by atoms with E-state index >= 15 is 0 Å². The van der Waals surface area contributed by atoms with Crippen LogP contribution in [0.1, 0.15) is 12.5 Å². The highest BCUT2D eigenvalue weighted by molar-refractivity contribution is 5.80. The molecule has 1 atom stereocenters. The minimum atomic E-state index is -1.56. The Hall–Kier alpha value is -1.49. The van der Waals surface area contributed by atoms with Crippen LogP contribution in [0.15, 0.2) is 18.2 Å². The van der Waals surface area contributed by atoms with E-state index in [1.165, 1.54) is 14.0 Å². The van der Waals surface area contributed by atoms with E-state index in [1.54, 1.807) is 0 Å². The monoisotopic (exact) mass is 215 g/mol. The molecule has 0 saturated carbocycles. The van der Waals surface area contributed by atoms with Gasteiger partial charge in [0.05, 0.1) is 0 Å². The van der Waals surface area contributed by atoms with Crippen LogP contribution in [0, 0.1) is 11.6 Å². The van der Waals surface area contributed by atoms with Crippen molar-refractivity contribution in [2.75, 3.05) is 7.05 Å². The summed E-state index contributed by atoms with van der Waals surface area (Å²) in [4.78, 5) is 11.0. The first-order valence-corrected chi connectivity index (χ1v) is 4.29. The Morgan fingerprint density at radius 1 is 1.47 bits per heavy atom. The van der Waals surface area contributed by atoms with Crippen molar-refractivity contribution in [2.24, 2.45) is 0 Å². The number of carboxylic acids is 1. The summed E-state index contributed by atoms with van der Waals surface area (Å²) in [6, 6.07) is 2.81. The zero-order valence-electron chi connectivity index (χ0n) is 8.34. The molecule has 1 aromatic carbocycles. The Morgan fingerprint density at radius 2 is 2.07 bits per heavy atom. The standard InChI is InChI=1S/C10H11F2NO2/c1-10(13-2,9(14)15)7-4-3-6(11)5-8(7)12/h3-5,13H,1-2H3,(H,14,15). The second-order valence-corrected chi connectivity index (χ2v) is 3.30. The lowest BCUT2D eigenvalue weighted by molar-refractivity contribution is -0.144. The van der Waals surface area contributed by atoms with E-state index < -0.39 is 23.1 Å². The van der Waals surface area contributed by atoms with Crippen LogP contribution in [0.4, 0.5) is 8.78 Å². The van der Waals surface area contributed by atoms with E-state index in [0.717, 1.165) is 12.1 Å². The molecule has 5 heteroatoms. The average molecular weight is 215 g/mol. The van der Waals surface area contributed by atoms with Crippen LogP contribution < -0.4 is 5.32 Å². The molecule has 0 bridgehead atoms. The van der Waals surface area contributed by atoms with Gasteiger partial charge in [-0.15, -0.1) is 0 Å². The van der Waals surface area contributed by atoms with Crippen molar-refractivity contribution < 1.29 is 18.7 Å². The molecule has 0 aromatic heterocycles. The topological polar surface area (TPSA) is 49.3 Å². The molecule has 0 aliphatic rings. The normalized spacial score (nSPS) is 14.7. The summed E-state index contributed by atoms with van der Waals surface area (Å²) in [5.74, 6) is -2.84. The van der Waals surface area contributed by atoms with E-state index in [9.17, 15) is 13.6 Å². The number of halogens is 2. The molecule has 2 N–H and O–H groups in total. The van der Waals surface area contributed by atoms with Gasteiger partial charge in [0, 0.05) is 11.6 Å². The molecule has 82 valence electrons. The van der Waals surface area contributed by atoms with Gasteiger partial charge in [0.2, 0.25) is 0 Å². The van der Waals surface area contributed by atoms with E-state index in [2.05, 4.69) is 5.32 Å². The summed E-state index contributed by atoms with van der Waals surface area (Å²) in [6.07, 6.45) is 0. The zero-order valence-corrected chi connectivity index (χ0v) is 8.34. The molecular weight excluding hydrogens is 204 g/mol. The van der Waals surface area contributed by atoms with Crippen LogP contribution >= 0.6 is 0 Å². The van der Waals surface area contributed by atoms with E-state index in [4.69, 9.17) is 5.11 Å². The van der Waals surface area contributed by atoms with Crippen molar-refractivity contribution in [2.45, 2.75) is 12.5 Å². The lowest BCUT2D eigenvalue weighted by Gasteiger charge is -2.25. The second kappa shape index (κ2) is 3.94. The largest absolute Gasteiger partial charge is 0.480 e. The van der Waals surface area contributed by atoms with Gasteiger partial charge in [-0.2, -0.15) is 0 Å². The van der Waals surface area contributed by atoms with Gasteiger partial charge in [0.25, 0.3) is 0 Å². The lowest BCUT2D eigenvalue weighted by Crippen LogP contribution is -2.45. The van der Waals surface area contributed by atoms with E-state index in [1.807, 2.05) is 0 Å². The van der Waals surface area contributed by atoms with E-state index in [0.29, 0.717) is 6.07 Å². The molecule has 1 unspecified atom stereocenters. The SMILES string of the molecule is CNC(C)(C(=O)O)c1ccc(F)cc1F. The van der Waals surface area contributed by atoms with Crippen molar-refractivity contribution in [3.8, 4) is 0 Å². The molecule has 0 spiro atoms. The van der Waals surface area contributed by atoms with Crippen molar-refractivity contribution in [3.63, 3.8) is 0 Å². The molecule has 0 amide bonds. The van der Waals surface area contributed by atoms with E-state index in [-0.39, 0.29) is 5.56 Å². The highest BCUT2D eigenvalue weighted by Crippen LogP contribution is 2.24. The van der Waals surface area contributed by atoms with Gasteiger partial charge in [-0.05, 0) is 20.0 Å². The van der Waals surface area contributed by atoms with Gasteiger partial charge in [-0.25, -0.2) is 13.6 Å². The Bertz CT molecular complexity index is 395. The summed E-state index contributed by atoms with van der Waals surface area (Å²) in [5, 5.41) is 11.4. The number of benzene rings is 1. The number of hydrogen-bond donors (Lipinski definition) is 2. The smallest absolute Gasteiger partial charge is 0.328 e. The van der Waals surface area contributed by atoms with Crippen LogP contribution in [0.25, 0.3) is 0 Å². The zero-order chi connectivity index (χ0) is 11.6. The Morgan fingerprint density at radius 3 is 2.47 bits per heavy atom. The van der Waals surface area contributed by atoms with Crippen molar-refractivity contribution in [1.82, 2.24) is 5.32 Å². The number of rotatable bonds is 3. The molecule has 15 heavy (non-hydrogen) atoms. The molecule has 3 nitrogen and oxygen atoms in total. The van der Waals surface area contributed by atoms with Crippen molar-refractivity contribution in [1.29, 1.82) is 0 Å². The average Bonchev–Trinajstić information content (AvgIpc) is 2.16. The quantitative estimate of drug-likeness (QED) is 0.803. The van der Waals surface area contributed by atoms with Crippen molar-refractivity contribution in [3.05, 3.63) is 35.4 Å². The van der Waals surface area contributed by atoms with Gasteiger partial charge in [0.15, 0.2) is 0 Å². The van der Waals surface area contributed by atoms with Crippen LogP contribution in [0.2, 0.25) is 0 Å².